The molecule has 8 nitrogen and oxygen atoms in total. The molecule has 1 aromatic heterocycles. The van der Waals surface area contributed by atoms with E-state index in [0.29, 0.717) is 38.5 Å². The molecular formula is C15H23N5O3. The Balaban J connectivity index is 1.88. The Kier molecular flexibility index (Phi) is 6.28. The van der Waals surface area contributed by atoms with Gasteiger partial charge in [-0.3, -0.25) is 9.59 Å². The molecular weight excluding hydrogens is 298 g/mol. The van der Waals surface area contributed by atoms with Crippen LogP contribution in [0.1, 0.15) is 35.9 Å². The van der Waals surface area contributed by atoms with Crippen molar-refractivity contribution in [3.8, 4) is 0 Å². The van der Waals surface area contributed by atoms with E-state index in [9.17, 15) is 9.59 Å². The fraction of sp³-hybridized carbons (Fsp3) is 0.600. The molecule has 1 aromatic rings. The number of amides is 2. The number of carbonyl (C=O) groups is 2. The zero-order valence-corrected chi connectivity index (χ0v) is 13.4. The van der Waals surface area contributed by atoms with Gasteiger partial charge in [0, 0.05) is 33.4 Å². The molecule has 0 bridgehead atoms. The number of hydrogen-bond acceptors (Lipinski definition) is 5. The van der Waals surface area contributed by atoms with Crippen LogP contribution in [0.3, 0.4) is 0 Å². The maximum Gasteiger partial charge on any atom is 0.291 e. The summed E-state index contributed by atoms with van der Waals surface area (Å²) in [6, 6.07) is 0.158. The van der Waals surface area contributed by atoms with E-state index in [1.165, 1.54) is 12.4 Å². The first-order chi connectivity index (χ1) is 11.1. The molecule has 23 heavy (non-hydrogen) atoms. The Morgan fingerprint density at radius 3 is 2.96 bits per heavy atom. The lowest BCUT2D eigenvalue weighted by atomic mass is 10.1. The van der Waals surface area contributed by atoms with Crippen LogP contribution in [0.25, 0.3) is 0 Å². The van der Waals surface area contributed by atoms with Crippen LogP contribution in [0.15, 0.2) is 19.0 Å². The van der Waals surface area contributed by atoms with Gasteiger partial charge in [0.15, 0.2) is 0 Å². The summed E-state index contributed by atoms with van der Waals surface area (Å²) in [4.78, 5) is 29.3. The topological polar surface area (TPSA) is 89.4 Å². The largest absolute Gasteiger partial charge is 0.381 e. The quantitative estimate of drug-likeness (QED) is 0.580. The molecule has 0 radical (unpaired) electrons. The molecule has 2 rings (SSSR count). The van der Waals surface area contributed by atoms with Gasteiger partial charge in [-0.1, -0.05) is 6.58 Å². The monoisotopic (exact) mass is 321 g/mol. The first kappa shape index (κ1) is 17.1. The Labute approximate surface area is 135 Å². The second-order valence-electron chi connectivity index (χ2n) is 5.45. The van der Waals surface area contributed by atoms with E-state index in [0.717, 1.165) is 12.8 Å². The van der Waals surface area contributed by atoms with Gasteiger partial charge in [0.1, 0.15) is 6.33 Å². The first-order valence-electron chi connectivity index (χ1n) is 7.76. The molecule has 1 aliphatic rings. The summed E-state index contributed by atoms with van der Waals surface area (Å²) in [5.74, 6) is -0.0168. The number of carbonyl (C=O) groups excluding carboxylic acids is 2. The van der Waals surface area contributed by atoms with Crippen molar-refractivity contribution in [1.29, 1.82) is 0 Å². The Hall–Kier alpha value is -2.22. The van der Waals surface area contributed by atoms with Crippen molar-refractivity contribution in [1.82, 2.24) is 25.0 Å². The Morgan fingerprint density at radius 1 is 1.52 bits per heavy atom. The van der Waals surface area contributed by atoms with Crippen LogP contribution in [0.4, 0.5) is 0 Å². The molecule has 0 spiro atoms. The van der Waals surface area contributed by atoms with Gasteiger partial charge in [0.2, 0.25) is 11.7 Å². The number of nitrogens with zero attached hydrogens (tertiary/aromatic N) is 4. The maximum absolute atomic E-state index is 12.5. The summed E-state index contributed by atoms with van der Waals surface area (Å²) in [5, 5.41) is 6.89. The Bertz CT molecular complexity index is 551. The van der Waals surface area contributed by atoms with Crippen molar-refractivity contribution in [2.75, 3.05) is 33.4 Å². The minimum atomic E-state index is -0.210. The molecule has 2 heterocycles. The second kappa shape index (κ2) is 8.42. The number of rotatable bonds is 7. The van der Waals surface area contributed by atoms with E-state index in [-0.39, 0.29) is 17.9 Å². The van der Waals surface area contributed by atoms with Crippen molar-refractivity contribution in [3.63, 3.8) is 0 Å². The van der Waals surface area contributed by atoms with Gasteiger partial charge in [0.25, 0.3) is 5.91 Å². The minimum Gasteiger partial charge on any atom is -0.381 e. The zero-order valence-electron chi connectivity index (χ0n) is 13.4. The molecule has 1 aliphatic heterocycles. The number of aromatic nitrogens is 3. The summed E-state index contributed by atoms with van der Waals surface area (Å²) in [6.07, 6.45) is 4.97. The summed E-state index contributed by atoms with van der Waals surface area (Å²) in [7, 11) is 1.72. The molecule has 0 aromatic carbocycles. The van der Waals surface area contributed by atoms with Crippen LogP contribution in [-0.4, -0.2) is 64.8 Å². The van der Waals surface area contributed by atoms with Gasteiger partial charge in [0.05, 0.1) is 6.04 Å². The normalized spacial score (nSPS) is 15.2. The van der Waals surface area contributed by atoms with Crippen LogP contribution in [0.2, 0.25) is 0 Å². The molecule has 8 heteroatoms. The Morgan fingerprint density at radius 2 is 2.26 bits per heavy atom. The smallest absolute Gasteiger partial charge is 0.291 e. The van der Waals surface area contributed by atoms with E-state index in [1.807, 2.05) is 0 Å². The predicted octanol–water partition coefficient (Wildman–Crippen LogP) is 0.394. The van der Waals surface area contributed by atoms with Crippen LogP contribution in [0, 0.1) is 0 Å². The van der Waals surface area contributed by atoms with Crippen LogP contribution < -0.4 is 5.32 Å². The average molecular weight is 321 g/mol. The third kappa shape index (κ3) is 4.62. The zero-order chi connectivity index (χ0) is 16.7. The molecule has 1 saturated heterocycles. The average Bonchev–Trinajstić information content (AvgIpc) is 3.07. The fourth-order valence-corrected chi connectivity index (χ4v) is 2.47. The molecule has 2 amide bonds. The standard InChI is InChI=1S/C15H23N5O3/c1-3-13(21)16-7-4-8-19(2)15(22)14-17-11-18-20(14)12-5-9-23-10-6-12/h3,11-12H,1,4-10H2,2H3,(H,16,21). The fourth-order valence-electron chi connectivity index (χ4n) is 2.47. The summed E-state index contributed by atoms with van der Waals surface area (Å²) >= 11 is 0. The van der Waals surface area contributed by atoms with E-state index in [1.54, 1.807) is 16.6 Å². The molecule has 126 valence electrons. The summed E-state index contributed by atoms with van der Waals surface area (Å²) < 4.78 is 7.05. The molecule has 0 unspecified atom stereocenters. The van der Waals surface area contributed by atoms with Crippen molar-refractivity contribution >= 4 is 11.8 Å². The maximum atomic E-state index is 12.5. The molecule has 0 atom stereocenters. The lowest BCUT2D eigenvalue weighted by molar-refractivity contribution is -0.116. The van der Waals surface area contributed by atoms with Crippen molar-refractivity contribution < 1.29 is 14.3 Å². The third-order valence-electron chi connectivity index (χ3n) is 3.80. The lowest BCUT2D eigenvalue weighted by Gasteiger charge is -2.24. The van der Waals surface area contributed by atoms with Gasteiger partial charge >= 0.3 is 0 Å². The lowest BCUT2D eigenvalue weighted by Crippen LogP contribution is -2.34. The first-order valence-corrected chi connectivity index (χ1v) is 7.76. The number of hydrogen-bond donors (Lipinski definition) is 1. The predicted molar refractivity (Wildman–Crippen MR) is 83.9 cm³/mol. The number of nitrogens with one attached hydrogen (secondary N) is 1. The van der Waals surface area contributed by atoms with E-state index in [2.05, 4.69) is 22.0 Å². The summed E-state index contributed by atoms with van der Waals surface area (Å²) in [6.45, 7) is 5.76. The van der Waals surface area contributed by atoms with Crippen molar-refractivity contribution in [2.24, 2.45) is 0 Å². The highest BCUT2D eigenvalue weighted by atomic mass is 16.5. The minimum absolute atomic E-state index is 0.158. The molecule has 0 aliphatic carbocycles. The SMILES string of the molecule is C=CC(=O)NCCCN(C)C(=O)c1ncnn1C1CCOCC1. The van der Waals surface area contributed by atoms with E-state index in [4.69, 9.17) is 4.74 Å². The molecule has 1 N–H and O–H groups in total. The van der Waals surface area contributed by atoms with Gasteiger partial charge in [-0.15, -0.1) is 0 Å². The highest BCUT2D eigenvalue weighted by molar-refractivity contribution is 5.90. The van der Waals surface area contributed by atoms with E-state index >= 15 is 0 Å². The van der Waals surface area contributed by atoms with Crippen molar-refractivity contribution in [2.45, 2.75) is 25.3 Å². The van der Waals surface area contributed by atoms with Gasteiger partial charge in [-0.05, 0) is 25.3 Å². The van der Waals surface area contributed by atoms with Crippen LogP contribution in [0.5, 0.6) is 0 Å². The highest BCUT2D eigenvalue weighted by Crippen LogP contribution is 2.21. The third-order valence-corrected chi connectivity index (χ3v) is 3.80. The van der Waals surface area contributed by atoms with Crippen molar-refractivity contribution in [3.05, 3.63) is 24.8 Å². The van der Waals surface area contributed by atoms with Crippen LogP contribution >= 0.6 is 0 Å². The molecule has 1 fully saturated rings. The number of ether oxygens (including phenoxy) is 1. The van der Waals surface area contributed by atoms with Gasteiger partial charge < -0.3 is 15.0 Å². The van der Waals surface area contributed by atoms with Gasteiger partial charge in [-0.2, -0.15) is 5.10 Å². The second-order valence-corrected chi connectivity index (χ2v) is 5.45. The molecule has 0 saturated carbocycles. The highest BCUT2D eigenvalue weighted by Gasteiger charge is 2.24. The van der Waals surface area contributed by atoms with Gasteiger partial charge in [-0.25, -0.2) is 9.67 Å². The van der Waals surface area contributed by atoms with Crippen LogP contribution in [-0.2, 0) is 9.53 Å². The van der Waals surface area contributed by atoms with E-state index < -0.39 is 0 Å². The summed E-state index contributed by atoms with van der Waals surface area (Å²) in [5.41, 5.74) is 0.